The molecule has 2 N–H and O–H groups in total. The first-order valence-electron chi connectivity index (χ1n) is 7.07. The molecule has 1 aromatic carbocycles. The van der Waals surface area contributed by atoms with Crippen LogP contribution in [0.2, 0.25) is 0 Å². The molecule has 0 aliphatic carbocycles. The van der Waals surface area contributed by atoms with E-state index >= 15 is 0 Å². The third-order valence-corrected chi connectivity index (χ3v) is 3.96. The number of rotatable bonds is 1. The number of pyridine rings is 1. The molecule has 110 valence electrons. The monoisotopic (exact) mass is 294 g/mol. The van der Waals surface area contributed by atoms with E-state index in [0.29, 0.717) is 18.8 Å². The quantitative estimate of drug-likeness (QED) is 0.697. The van der Waals surface area contributed by atoms with E-state index in [0.717, 1.165) is 27.6 Å². The van der Waals surface area contributed by atoms with E-state index in [9.17, 15) is 4.79 Å². The summed E-state index contributed by atoms with van der Waals surface area (Å²) < 4.78 is 10.7. The fraction of sp³-hybridized carbons (Fsp3) is 0.176. The lowest BCUT2D eigenvalue weighted by molar-refractivity contribution is 0.0926. The van der Waals surface area contributed by atoms with Gasteiger partial charge in [-0.1, -0.05) is 6.07 Å². The van der Waals surface area contributed by atoms with Crippen LogP contribution in [0.15, 0.2) is 51.9 Å². The van der Waals surface area contributed by atoms with Crippen LogP contribution in [0.5, 0.6) is 0 Å². The van der Waals surface area contributed by atoms with Crippen LogP contribution in [0.4, 0.5) is 0 Å². The van der Waals surface area contributed by atoms with Crippen LogP contribution in [-0.2, 0) is 11.3 Å². The molecule has 0 saturated heterocycles. The second kappa shape index (κ2) is 5.05. The first-order chi connectivity index (χ1) is 10.7. The van der Waals surface area contributed by atoms with Crippen molar-refractivity contribution in [2.45, 2.75) is 12.6 Å². The molecule has 3 aromatic rings. The van der Waals surface area contributed by atoms with E-state index in [2.05, 4.69) is 4.98 Å². The third-order valence-electron chi connectivity index (χ3n) is 3.96. The fourth-order valence-corrected chi connectivity index (χ4v) is 2.85. The summed E-state index contributed by atoms with van der Waals surface area (Å²) in [5.41, 5.74) is 10.4. The minimum Gasteiger partial charge on any atom is -0.423 e. The van der Waals surface area contributed by atoms with Gasteiger partial charge in [0.2, 0.25) is 0 Å². The maximum Gasteiger partial charge on any atom is 0.336 e. The van der Waals surface area contributed by atoms with Crippen molar-refractivity contribution in [3.63, 3.8) is 0 Å². The molecule has 3 heterocycles. The van der Waals surface area contributed by atoms with E-state index in [1.807, 2.05) is 24.5 Å². The maximum atomic E-state index is 11.3. The zero-order valence-electron chi connectivity index (χ0n) is 11.8. The maximum absolute atomic E-state index is 11.3. The van der Waals surface area contributed by atoms with Crippen LogP contribution in [0.3, 0.4) is 0 Å². The number of hydrogen-bond donors (Lipinski definition) is 1. The molecule has 1 unspecified atom stereocenters. The van der Waals surface area contributed by atoms with Gasteiger partial charge >= 0.3 is 5.63 Å². The van der Waals surface area contributed by atoms with Crippen LogP contribution < -0.4 is 11.4 Å². The standard InChI is InChI=1S/C17H14N2O3/c18-15-9-21-8-14-12(6-19-7-13(14)15)10-1-3-16-11(5-10)2-4-17(20)22-16/h1-7,15H,8-9,18H2. The van der Waals surface area contributed by atoms with Crippen molar-refractivity contribution in [1.29, 1.82) is 0 Å². The average Bonchev–Trinajstić information content (AvgIpc) is 2.54. The van der Waals surface area contributed by atoms with Gasteiger partial charge in [-0.05, 0) is 34.9 Å². The van der Waals surface area contributed by atoms with Crippen LogP contribution in [0, 0.1) is 0 Å². The van der Waals surface area contributed by atoms with Crippen LogP contribution in [-0.4, -0.2) is 11.6 Å². The van der Waals surface area contributed by atoms with Crippen molar-refractivity contribution in [1.82, 2.24) is 4.98 Å². The molecule has 0 radical (unpaired) electrons. The Morgan fingerprint density at radius 2 is 2.09 bits per heavy atom. The fourth-order valence-electron chi connectivity index (χ4n) is 2.85. The van der Waals surface area contributed by atoms with Gasteiger partial charge < -0.3 is 14.9 Å². The number of hydrogen-bond acceptors (Lipinski definition) is 5. The summed E-state index contributed by atoms with van der Waals surface area (Å²) >= 11 is 0. The second-order valence-electron chi connectivity index (χ2n) is 5.38. The third kappa shape index (κ3) is 2.11. The lowest BCUT2D eigenvalue weighted by atomic mass is 9.93. The Morgan fingerprint density at radius 3 is 3.00 bits per heavy atom. The highest BCUT2D eigenvalue weighted by atomic mass is 16.5. The van der Waals surface area contributed by atoms with Gasteiger partial charge in [-0.2, -0.15) is 0 Å². The van der Waals surface area contributed by atoms with Crippen LogP contribution in [0.25, 0.3) is 22.1 Å². The molecule has 1 aliphatic heterocycles. The smallest absolute Gasteiger partial charge is 0.336 e. The Hall–Kier alpha value is -2.50. The summed E-state index contributed by atoms with van der Waals surface area (Å²) in [4.78, 5) is 15.6. The molecule has 0 saturated carbocycles. The first kappa shape index (κ1) is 13.2. The summed E-state index contributed by atoms with van der Waals surface area (Å²) in [6, 6.07) is 8.74. The summed E-state index contributed by atoms with van der Waals surface area (Å²) in [6.45, 7) is 1.05. The molecule has 0 spiro atoms. The lowest BCUT2D eigenvalue weighted by Crippen LogP contribution is -2.24. The number of ether oxygens (including phenoxy) is 1. The van der Waals surface area contributed by atoms with E-state index < -0.39 is 0 Å². The molecule has 22 heavy (non-hydrogen) atoms. The van der Waals surface area contributed by atoms with Gasteiger partial charge in [-0.15, -0.1) is 0 Å². The number of nitrogens with two attached hydrogens (primary N) is 1. The average molecular weight is 294 g/mol. The van der Waals surface area contributed by atoms with Gasteiger partial charge in [0.25, 0.3) is 0 Å². The molecule has 5 nitrogen and oxygen atoms in total. The minimum absolute atomic E-state index is 0.144. The second-order valence-corrected chi connectivity index (χ2v) is 5.38. The molecule has 2 aromatic heterocycles. The molecular weight excluding hydrogens is 280 g/mol. The van der Waals surface area contributed by atoms with Crippen LogP contribution >= 0.6 is 0 Å². The van der Waals surface area contributed by atoms with Gasteiger partial charge in [0.1, 0.15) is 5.58 Å². The topological polar surface area (TPSA) is 78.4 Å². The highest BCUT2D eigenvalue weighted by Gasteiger charge is 2.21. The normalized spacial score (nSPS) is 17.4. The van der Waals surface area contributed by atoms with Gasteiger partial charge in [-0.3, -0.25) is 4.98 Å². The van der Waals surface area contributed by atoms with E-state index in [-0.39, 0.29) is 11.7 Å². The molecule has 0 bridgehead atoms. The predicted molar refractivity (Wildman–Crippen MR) is 82.3 cm³/mol. The van der Waals surface area contributed by atoms with Gasteiger partial charge in [0.15, 0.2) is 0 Å². The van der Waals surface area contributed by atoms with E-state index in [1.165, 1.54) is 6.07 Å². The van der Waals surface area contributed by atoms with E-state index in [4.69, 9.17) is 14.9 Å². The van der Waals surface area contributed by atoms with Gasteiger partial charge in [0, 0.05) is 29.4 Å². The largest absolute Gasteiger partial charge is 0.423 e. The zero-order valence-corrected chi connectivity index (χ0v) is 11.8. The van der Waals surface area contributed by atoms with Crippen molar-refractivity contribution in [2.24, 2.45) is 5.73 Å². The predicted octanol–water partition coefficient (Wildman–Crippen LogP) is 2.38. The van der Waals surface area contributed by atoms with Crippen LogP contribution in [0.1, 0.15) is 17.2 Å². The molecule has 4 rings (SSSR count). The molecule has 1 atom stereocenters. The van der Waals surface area contributed by atoms with Gasteiger partial charge in [-0.25, -0.2) is 4.79 Å². The molecular formula is C17H14N2O3. The highest BCUT2D eigenvalue weighted by Crippen LogP contribution is 2.32. The molecule has 0 fully saturated rings. The Balaban J connectivity index is 1.90. The first-order valence-corrected chi connectivity index (χ1v) is 7.07. The Kier molecular flexibility index (Phi) is 3.03. The number of nitrogens with zero attached hydrogens (tertiary/aromatic N) is 1. The van der Waals surface area contributed by atoms with Crippen molar-refractivity contribution in [3.05, 3.63) is 64.3 Å². The van der Waals surface area contributed by atoms with Crippen molar-refractivity contribution >= 4 is 11.0 Å². The van der Waals surface area contributed by atoms with E-state index in [1.54, 1.807) is 12.1 Å². The molecule has 0 amide bonds. The number of fused-ring (bicyclic) bond motifs is 2. The van der Waals surface area contributed by atoms with Crippen molar-refractivity contribution in [3.8, 4) is 11.1 Å². The minimum atomic E-state index is -0.349. The van der Waals surface area contributed by atoms with Crippen molar-refractivity contribution in [2.75, 3.05) is 6.61 Å². The summed E-state index contributed by atoms with van der Waals surface area (Å²) in [5.74, 6) is 0. The number of benzene rings is 1. The Labute approximate surface area is 126 Å². The zero-order chi connectivity index (χ0) is 15.1. The molecule has 1 aliphatic rings. The molecule has 5 heteroatoms. The highest BCUT2D eigenvalue weighted by molar-refractivity contribution is 5.83. The Bertz CT molecular complexity index is 917. The lowest BCUT2D eigenvalue weighted by Gasteiger charge is -2.24. The summed E-state index contributed by atoms with van der Waals surface area (Å²) in [5, 5.41) is 0.871. The number of aromatic nitrogens is 1. The Morgan fingerprint density at radius 1 is 1.18 bits per heavy atom. The summed E-state index contributed by atoms with van der Waals surface area (Å²) in [6.07, 6.45) is 3.63. The SMILES string of the molecule is NC1COCc2c(-c3ccc4oc(=O)ccc4c3)cncc21. The van der Waals surface area contributed by atoms with Crippen molar-refractivity contribution < 1.29 is 9.15 Å². The van der Waals surface area contributed by atoms with Gasteiger partial charge in [0.05, 0.1) is 19.3 Å². The summed E-state index contributed by atoms with van der Waals surface area (Å²) in [7, 11) is 0.